The Balaban J connectivity index is 2.55. The maximum Gasteiger partial charge on any atom is 0.404 e. The Bertz CT molecular complexity index is 206. The maximum atomic E-state index is 10.4. The van der Waals surface area contributed by atoms with Gasteiger partial charge in [-0.3, -0.25) is 0 Å². The molecule has 0 aromatic rings. The first-order chi connectivity index (χ1) is 5.91. The lowest BCUT2D eigenvalue weighted by atomic mass is 9.91. The lowest BCUT2D eigenvalue weighted by Gasteiger charge is -2.39. The molecule has 0 spiro atoms. The van der Waals surface area contributed by atoms with Gasteiger partial charge in [0.05, 0.1) is 18.2 Å². The normalized spacial score (nSPS) is 32.5. The van der Waals surface area contributed by atoms with Gasteiger partial charge >= 0.3 is 6.09 Å². The molecule has 0 aromatic heterocycles. The summed E-state index contributed by atoms with van der Waals surface area (Å²) >= 11 is 0. The van der Waals surface area contributed by atoms with Crippen molar-refractivity contribution in [2.75, 3.05) is 6.61 Å². The van der Waals surface area contributed by atoms with E-state index in [4.69, 9.17) is 15.6 Å². The number of ether oxygens (including phenoxy) is 1. The van der Waals surface area contributed by atoms with Crippen LogP contribution < -0.4 is 11.1 Å². The molecule has 1 aliphatic rings. The molecule has 1 aliphatic heterocycles. The van der Waals surface area contributed by atoms with Gasteiger partial charge in [0.15, 0.2) is 0 Å². The lowest BCUT2D eigenvalue weighted by Crippen LogP contribution is -2.57. The Labute approximate surface area is 77.2 Å². The van der Waals surface area contributed by atoms with Crippen LogP contribution in [-0.2, 0) is 4.74 Å². The smallest absolute Gasteiger partial charge is 0.404 e. The summed E-state index contributed by atoms with van der Waals surface area (Å²) in [5.74, 6) is 0. The summed E-state index contributed by atoms with van der Waals surface area (Å²) in [6, 6.07) is -0.453. The average molecular weight is 188 g/mol. The van der Waals surface area contributed by atoms with Gasteiger partial charge in [-0.1, -0.05) is 0 Å². The fourth-order valence-corrected chi connectivity index (χ4v) is 1.49. The fourth-order valence-electron chi connectivity index (χ4n) is 1.49. The van der Waals surface area contributed by atoms with Crippen LogP contribution in [0, 0.1) is 0 Å². The van der Waals surface area contributed by atoms with Gasteiger partial charge < -0.3 is 20.9 Å². The van der Waals surface area contributed by atoms with Gasteiger partial charge in [-0.15, -0.1) is 0 Å². The molecule has 4 N–H and O–H groups in total. The van der Waals surface area contributed by atoms with Crippen LogP contribution in [0.25, 0.3) is 0 Å². The monoisotopic (exact) mass is 188 g/mol. The van der Waals surface area contributed by atoms with Crippen molar-refractivity contribution in [2.45, 2.75) is 38.0 Å². The molecule has 0 aromatic carbocycles. The maximum absolute atomic E-state index is 10.4. The van der Waals surface area contributed by atoms with Gasteiger partial charge in [-0.05, 0) is 20.3 Å². The molecule has 2 atom stereocenters. The Morgan fingerprint density at radius 3 is 2.85 bits per heavy atom. The van der Waals surface area contributed by atoms with Crippen LogP contribution in [0.2, 0.25) is 0 Å². The lowest BCUT2D eigenvalue weighted by molar-refractivity contribution is -0.0707. The minimum Gasteiger partial charge on any atom is -0.465 e. The third kappa shape index (κ3) is 2.86. The van der Waals surface area contributed by atoms with E-state index in [2.05, 4.69) is 5.32 Å². The first-order valence-electron chi connectivity index (χ1n) is 4.30. The number of amides is 1. The van der Waals surface area contributed by atoms with E-state index in [1.807, 2.05) is 13.8 Å². The highest BCUT2D eigenvalue weighted by Crippen LogP contribution is 2.23. The number of hydrogen-bond acceptors (Lipinski definition) is 3. The zero-order chi connectivity index (χ0) is 10.1. The van der Waals surface area contributed by atoms with E-state index in [-0.39, 0.29) is 17.7 Å². The van der Waals surface area contributed by atoms with E-state index in [1.165, 1.54) is 0 Å². The zero-order valence-electron chi connectivity index (χ0n) is 7.91. The van der Waals surface area contributed by atoms with E-state index in [0.29, 0.717) is 13.0 Å². The van der Waals surface area contributed by atoms with Crippen LogP contribution in [0.3, 0.4) is 0 Å². The van der Waals surface area contributed by atoms with Crippen LogP contribution in [0.4, 0.5) is 4.79 Å². The standard InChI is InChI=1S/C8H16N2O3/c1-8(2)3-6(10-7(11)12)5(9)4-13-8/h5-6,10H,3-4,9H2,1-2H3,(H,11,12)/t5-,6+/m1/s1. The molecule has 0 saturated carbocycles. The van der Waals surface area contributed by atoms with Crippen LogP contribution in [0.5, 0.6) is 0 Å². The van der Waals surface area contributed by atoms with Crippen LogP contribution >= 0.6 is 0 Å². The zero-order valence-corrected chi connectivity index (χ0v) is 7.91. The summed E-state index contributed by atoms with van der Waals surface area (Å²) in [6.45, 7) is 4.25. The van der Waals surface area contributed by atoms with Crippen molar-refractivity contribution in [2.24, 2.45) is 5.73 Å². The van der Waals surface area contributed by atoms with Crippen LogP contribution in [-0.4, -0.2) is 35.5 Å². The molecule has 76 valence electrons. The molecule has 1 heterocycles. The molecule has 0 radical (unpaired) electrons. The molecular weight excluding hydrogens is 172 g/mol. The first-order valence-corrected chi connectivity index (χ1v) is 4.30. The van der Waals surface area contributed by atoms with E-state index in [1.54, 1.807) is 0 Å². The minimum atomic E-state index is -1.03. The summed E-state index contributed by atoms with van der Waals surface area (Å²) in [5, 5.41) is 10.9. The fraction of sp³-hybridized carbons (Fsp3) is 0.875. The van der Waals surface area contributed by atoms with Crippen molar-refractivity contribution in [3.8, 4) is 0 Å². The second-order valence-corrected chi connectivity index (χ2v) is 3.99. The van der Waals surface area contributed by atoms with Gasteiger partial charge in [0, 0.05) is 6.04 Å². The van der Waals surface area contributed by atoms with Crippen molar-refractivity contribution >= 4 is 6.09 Å². The molecule has 5 heteroatoms. The Kier molecular flexibility index (Phi) is 2.77. The molecule has 1 saturated heterocycles. The third-order valence-electron chi connectivity index (χ3n) is 2.20. The predicted octanol–water partition coefficient (Wildman–Crippen LogP) is 0.149. The third-order valence-corrected chi connectivity index (χ3v) is 2.20. The molecule has 13 heavy (non-hydrogen) atoms. The van der Waals surface area contributed by atoms with E-state index in [9.17, 15) is 4.79 Å². The Morgan fingerprint density at radius 1 is 1.69 bits per heavy atom. The van der Waals surface area contributed by atoms with Gasteiger partial charge in [0.1, 0.15) is 0 Å². The first kappa shape index (κ1) is 10.3. The van der Waals surface area contributed by atoms with E-state index >= 15 is 0 Å². The topological polar surface area (TPSA) is 84.6 Å². The molecular formula is C8H16N2O3. The average Bonchev–Trinajstić information content (AvgIpc) is 1.95. The summed E-state index contributed by atoms with van der Waals surface area (Å²) in [6.07, 6.45) is -0.418. The molecule has 1 amide bonds. The number of carboxylic acid groups (broad SMARTS) is 1. The summed E-state index contributed by atoms with van der Waals surface area (Å²) in [4.78, 5) is 10.4. The highest BCUT2D eigenvalue weighted by molar-refractivity contribution is 5.65. The predicted molar refractivity (Wildman–Crippen MR) is 47.6 cm³/mol. The highest BCUT2D eigenvalue weighted by Gasteiger charge is 2.34. The molecule has 1 fully saturated rings. The SMILES string of the molecule is CC1(C)C[C@H](NC(=O)O)[C@H](N)CO1. The Morgan fingerprint density at radius 2 is 2.31 bits per heavy atom. The van der Waals surface area contributed by atoms with E-state index < -0.39 is 6.09 Å². The van der Waals surface area contributed by atoms with Crippen molar-refractivity contribution in [1.82, 2.24) is 5.32 Å². The van der Waals surface area contributed by atoms with Crippen molar-refractivity contribution < 1.29 is 14.6 Å². The van der Waals surface area contributed by atoms with E-state index in [0.717, 1.165) is 0 Å². The minimum absolute atomic E-state index is 0.207. The number of hydrogen-bond donors (Lipinski definition) is 3. The molecule has 0 aliphatic carbocycles. The number of rotatable bonds is 1. The Hall–Kier alpha value is -0.810. The molecule has 0 unspecified atom stereocenters. The summed E-state index contributed by atoms with van der Waals surface area (Å²) in [7, 11) is 0. The van der Waals surface area contributed by atoms with Gasteiger partial charge in [0.25, 0.3) is 0 Å². The number of nitrogens with two attached hydrogens (primary N) is 1. The highest BCUT2D eigenvalue weighted by atomic mass is 16.5. The second kappa shape index (κ2) is 3.51. The van der Waals surface area contributed by atoms with Gasteiger partial charge in [-0.2, -0.15) is 0 Å². The van der Waals surface area contributed by atoms with Gasteiger partial charge in [-0.25, -0.2) is 4.79 Å². The molecule has 5 nitrogen and oxygen atoms in total. The quantitative estimate of drug-likeness (QED) is 0.546. The van der Waals surface area contributed by atoms with Crippen molar-refractivity contribution in [3.05, 3.63) is 0 Å². The summed E-state index contributed by atoms with van der Waals surface area (Å²) in [5.41, 5.74) is 5.41. The molecule has 1 rings (SSSR count). The second-order valence-electron chi connectivity index (χ2n) is 3.99. The van der Waals surface area contributed by atoms with Crippen LogP contribution in [0.1, 0.15) is 20.3 Å². The number of carbonyl (C=O) groups is 1. The van der Waals surface area contributed by atoms with Crippen molar-refractivity contribution in [1.29, 1.82) is 0 Å². The summed E-state index contributed by atoms with van der Waals surface area (Å²) < 4.78 is 5.43. The largest absolute Gasteiger partial charge is 0.465 e. The van der Waals surface area contributed by atoms with Crippen molar-refractivity contribution in [3.63, 3.8) is 0 Å². The number of nitrogens with one attached hydrogen (secondary N) is 1. The van der Waals surface area contributed by atoms with Crippen LogP contribution in [0.15, 0.2) is 0 Å². The molecule has 0 bridgehead atoms. The van der Waals surface area contributed by atoms with Gasteiger partial charge in [0.2, 0.25) is 0 Å².